The minimum atomic E-state index is -0.412. The first kappa shape index (κ1) is 32.2. The highest BCUT2D eigenvalue weighted by atomic mass is 35.5. The molecule has 0 radical (unpaired) electrons. The Bertz CT molecular complexity index is 1880. The lowest BCUT2D eigenvalue weighted by molar-refractivity contribution is 0.102. The van der Waals surface area contributed by atoms with E-state index in [9.17, 15) is 9.90 Å². The number of aromatic hydroxyl groups is 1. The Balaban J connectivity index is 0.00000386. The molecule has 0 unspecified atom stereocenters. The van der Waals surface area contributed by atoms with Gasteiger partial charge in [0.1, 0.15) is 11.3 Å². The first-order chi connectivity index (χ1) is 22.2. The van der Waals surface area contributed by atoms with Crippen molar-refractivity contribution in [3.63, 3.8) is 0 Å². The summed E-state index contributed by atoms with van der Waals surface area (Å²) < 4.78 is 0. The molecular formula is C32H39ClN12O2. The van der Waals surface area contributed by atoms with Crippen molar-refractivity contribution >= 4 is 69.3 Å². The molecule has 2 aliphatic rings. The lowest BCUT2D eigenvalue weighted by Crippen LogP contribution is -2.52. The molecule has 1 amide bonds. The maximum absolute atomic E-state index is 13.0. The smallest absolute Gasteiger partial charge is 0.259 e. The number of piperidine rings is 2. The zero-order chi connectivity index (χ0) is 31.9. The van der Waals surface area contributed by atoms with Gasteiger partial charge in [0.15, 0.2) is 11.5 Å². The number of nitrogens with zero attached hydrogens (tertiary/aromatic N) is 5. The summed E-state index contributed by atoms with van der Waals surface area (Å²) >= 11 is 0. The Labute approximate surface area is 277 Å². The number of H-pyrrole nitrogens is 1. The third kappa shape index (κ3) is 6.73. The number of aromatic amines is 1. The van der Waals surface area contributed by atoms with Crippen molar-refractivity contribution in [1.29, 1.82) is 0 Å². The largest absolute Gasteiger partial charge is 0.506 e. The topological polar surface area (TPSA) is 226 Å². The summed E-state index contributed by atoms with van der Waals surface area (Å²) in [5.74, 6) is 1.17. The molecule has 15 heteroatoms. The van der Waals surface area contributed by atoms with Crippen molar-refractivity contribution in [3.8, 4) is 5.75 Å². The van der Waals surface area contributed by atoms with Gasteiger partial charge in [0.25, 0.3) is 5.91 Å². The van der Waals surface area contributed by atoms with Crippen molar-refractivity contribution in [3.05, 3.63) is 66.2 Å². The number of phenols is 1. The number of rotatable bonds is 6. The van der Waals surface area contributed by atoms with Crippen LogP contribution in [0.2, 0.25) is 0 Å². The van der Waals surface area contributed by atoms with Gasteiger partial charge < -0.3 is 53.5 Å². The highest BCUT2D eigenvalue weighted by molar-refractivity contribution is 6.09. The monoisotopic (exact) mass is 658 g/mol. The van der Waals surface area contributed by atoms with E-state index in [1.165, 1.54) is 0 Å². The average Bonchev–Trinajstić information content (AvgIpc) is 3.45. The molecule has 12 N–H and O–H groups in total. The normalized spacial score (nSPS) is 21.4. The zero-order valence-corrected chi connectivity index (χ0v) is 26.5. The molecule has 3 aromatic carbocycles. The second-order valence-corrected chi connectivity index (χ2v) is 12.3. The van der Waals surface area contributed by atoms with Crippen LogP contribution in [-0.4, -0.2) is 81.3 Å². The number of fused-ring (bicyclic) bond motifs is 2. The molecule has 5 aromatic rings. The minimum Gasteiger partial charge on any atom is -0.506 e. The Morgan fingerprint density at radius 1 is 0.787 bits per heavy atom. The number of carbonyl (C=O) groups excluding carboxylic acids is 1. The summed E-state index contributed by atoms with van der Waals surface area (Å²) in [7, 11) is 0. The van der Waals surface area contributed by atoms with E-state index in [0.29, 0.717) is 71.8 Å². The molecule has 14 nitrogen and oxygen atoms in total. The van der Waals surface area contributed by atoms with Crippen molar-refractivity contribution in [1.82, 2.24) is 19.9 Å². The van der Waals surface area contributed by atoms with Crippen LogP contribution in [0.25, 0.3) is 21.9 Å². The van der Waals surface area contributed by atoms with Gasteiger partial charge in [-0.05, 0) is 48.6 Å². The molecule has 2 saturated heterocycles. The summed E-state index contributed by atoms with van der Waals surface area (Å²) in [5, 5.41) is 18.3. The second kappa shape index (κ2) is 13.2. The maximum Gasteiger partial charge on any atom is 0.259 e. The van der Waals surface area contributed by atoms with E-state index >= 15 is 0 Å². The van der Waals surface area contributed by atoms with E-state index in [4.69, 9.17) is 37.9 Å². The van der Waals surface area contributed by atoms with E-state index in [2.05, 4.69) is 25.4 Å². The number of imidazole rings is 1. The van der Waals surface area contributed by atoms with Gasteiger partial charge in [-0.3, -0.25) is 4.79 Å². The molecule has 7 rings (SSSR count). The predicted molar refractivity (Wildman–Crippen MR) is 188 cm³/mol. The number of aromatic nitrogens is 4. The number of amides is 1. The second-order valence-electron chi connectivity index (χ2n) is 12.3. The molecule has 2 aliphatic heterocycles. The van der Waals surface area contributed by atoms with Crippen molar-refractivity contribution in [2.75, 3.05) is 46.6 Å². The van der Waals surface area contributed by atoms with E-state index in [-0.39, 0.29) is 47.9 Å². The Morgan fingerprint density at radius 3 is 2.09 bits per heavy atom. The van der Waals surface area contributed by atoms with Crippen molar-refractivity contribution in [2.24, 2.45) is 22.9 Å². The maximum atomic E-state index is 13.0. The van der Waals surface area contributed by atoms with E-state index in [0.717, 1.165) is 18.2 Å². The quantitative estimate of drug-likeness (QED) is 0.132. The number of benzene rings is 3. The molecule has 0 spiro atoms. The van der Waals surface area contributed by atoms with Crippen LogP contribution in [0.5, 0.6) is 5.75 Å². The highest BCUT2D eigenvalue weighted by Crippen LogP contribution is 2.31. The van der Waals surface area contributed by atoms with Crippen LogP contribution in [0.4, 0.5) is 29.1 Å². The SMILES string of the molecule is Cl.N[C@@H]1C[C@H](N)CN(c2nc3nc(Nc4ccc(NC(=O)c5ccc6ccccc6c5O)cc4)nc(N4C[C@H](N)C[C@H](N)C4)c3[nH]2)C1. The van der Waals surface area contributed by atoms with E-state index in [1.807, 2.05) is 36.4 Å². The first-order valence-corrected chi connectivity index (χ1v) is 15.4. The van der Waals surface area contributed by atoms with Gasteiger partial charge in [-0.15, -0.1) is 12.4 Å². The van der Waals surface area contributed by atoms with Crippen LogP contribution < -0.4 is 43.4 Å². The molecule has 0 saturated carbocycles. The van der Waals surface area contributed by atoms with Crippen LogP contribution in [0, 0.1) is 0 Å². The number of nitrogens with two attached hydrogens (primary N) is 4. The zero-order valence-electron chi connectivity index (χ0n) is 25.6. The lowest BCUT2D eigenvalue weighted by atomic mass is 10.0. The third-order valence-corrected chi connectivity index (χ3v) is 8.49. The molecular weight excluding hydrogens is 620 g/mol. The van der Waals surface area contributed by atoms with Crippen molar-refractivity contribution in [2.45, 2.75) is 37.0 Å². The summed E-state index contributed by atoms with van der Waals surface area (Å²) in [6, 6.07) is 17.6. The number of hydrogen-bond donors (Lipinski definition) is 8. The number of carbonyl (C=O) groups is 1. The fraction of sp³-hybridized carbons (Fsp3) is 0.312. The molecule has 0 bridgehead atoms. The van der Waals surface area contributed by atoms with Gasteiger partial charge in [-0.2, -0.15) is 15.0 Å². The van der Waals surface area contributed by atoms with Crippen LogP contribution >= 0.6 is 12.4 Å². The number of anilines is 5. The molecule has 246 valence electrons. The van der Waals surface area contributed by atoms with Gasteiger partial charge in [-0.25, -0.2) is 0 Å². The minimum absolute atomic E-state index is 0. The molecule has 0 aliphatic carbocycles. The van der Waals surface area contributed by atoms with Gasteiger partial charge in [0.05, 0.1) is 5.56 Å². The van der Waals surface area contributed by atoms with E-state index < -0.39 is 5.91 Å². The van der Waals surface area contributed by atoms with Gasteiger partial charge in [0.2, 0.25) is 11.9 Å². The molecule has 47 heavy (non-hydrogen) atoms. The highest BCUT2D eigenvalue weighted by Gasteiger charge is 2.29. The third-order valence-electron chi connectivity index (χ3n) is 8.49. The summed E-state index contributed by atoms with van der Waals surface area (Å²) in [6.07, 6.45) is 1.49. The number of halogens is 1. The lowest BCUT2D eigenvalue weighted by Gasteiger charge is -2.35. The first-order valence-electron chi connectivity index (χ1n) is 15.4. The number of phenolic OH excluding ortho intramolecular Hbond substituents is 1. The van der Waals surface area contributed by atoms with Crippen LogP contribution in [0.15, 0.2) is 60.7 Å². The molecule has 2 fully saturated rings. The van der Waals surface area contributed by atoms with Crippen LogP contribution in [0.1, 0.15) is 23.2 Å². The fourth-order valence-corrected chi connectivity index (χ4v) is 6.41. The van der Waals surface area contributed by atoms with Gasteiger partial charge in [0, 0.05) is 67.1 Å². The molecule has 4 atom stereocenters. The van der Waals surface area contributed by atoms with Crippen LogP contribution in [-0.2, 0) is 0 Å². The number of nitrogens with one attached hydrogen (secondary N) is 3. The van der Waals surface area contributed by atoms with Crippen molar-refractivity contribution < 1.29 is 9.90 Å². The summed E-state index contributed by atoms with van der Waals surface area (Å²) in [4.78, 5) is 35.0. The summed E-state index contributed by atoms with van der Waals surface area (Å²) in [6.45, 7) is 2.44. The average molecular weight is 659 g/mol. The standard InChI is InChI=1S/C32H38N12O2.ClH/c33-18-11-19(34)14-43(13-18)29-26-28(41-32(39-26)44-15-20(35)12-21(36)16-44)40-31(42-29)38-23-8-6-22(7-9-23)37-30(46)25-10-5-17-3-1-2-4-24(17)27(25)45;/h1-10,18-21,45H,11-16,33-36H2,(H,37,46)(H2,38,39,40,41,42);1H/t18-,19+,20-,21+;. The van der Waals surface area contributed by atoms with Gasteiger partial charge >= 0.3 is 0 Å². The Morgan fingerprint density at radius 2 is 1.40 bits per heavy atom. The molecule has 2 aromatic heterocycles. The number of hydrogen-bond acceptors (Lipinski definition) is 12. The van der Waals surface area contributed by atoms with E-state index in [1.54, 1.807) is 24.3 Å². The predicted octanol–water partition coefficient (Wildman–Crippen LogP) is 2.36. The Hall–Kier alpha value is -4.73. The summed E-state index contributed by atoms with van der Waals surface area (Å²) in [5.41, 5.74) is 27.8. The fourth-order valence-electron chi connectivity index (χ4n) is 6.41. The van der Waals surface area contributed by atoms with Gasteiger partial charge in [-0.1, -0.05) is 30.3 Å². The van der Waals surface area contributed by atoms with Crippen LogP contribution in [0.3, 0.4) is 0 Å². The Kier molecular flexibility index (Phi) is 9.03. The molecule has 4 heterocycles.